The molecule has 0 radical (unpaired) electrons. The first-order valence-corrected chi connectivity index (χ1v) is 10.9. The number of fused-ring (bicyclic) bond motifs is 1. The van der Waals surface area contributed by atoms with Crippen LogP contribution in [0.15, 0.2) is 42.5 Å². The van der Waals surface area contributed by atoms with Crippen LogP contribution in [-0.4, -0.2) is 44.0 Å². The molecule has 4 rings (SSSR count). The van der Waals surface area contributed by atoms with E-state index < -0.39 is 0 Å². The Kier molecular flexibility index (Phi) is 5.91. The average Bonchev–Trinajstić information content (AvgIpc) is 3.12. The zero-order chi connectivity index (χ0) is 20.4. The third-order valence-corrected chi connectivity index (χ3v) is 6.72. The Bertz CT molecular complexity index is 870. The van der Waals surface area contributed by atoms with Crippen LogP contribution in [0.2, 0.25) is 0 Å². The standard InChI is InChI=1S/C25H33N3O/c1-18-6-4-5-7-23(18)19(2)26-17-20-10-14-28(15-11-20)25(29)22-8-9-24-21(16-22)12-13-27(24)3/h4-9,16,19-20,26H,10-15,17H2,1-3H3. The molecule has 0 aromatic heterocycles. The lowest BCUT2D eigenvalue weighted by molar-refractivity contribution is 0.0689. The Labute approximate surface area is 174 Å². The van der Waals surface area contributed by atoms with Gasteiger partial charge in [0.1, 0.15) is 0 Å². The summed E-state index contributed by atoms with van der Waals surface area (Å²) in [4.78, 5) is 17.3. The number of likely N-dealkylation sites (N-methyl/N-ethyl adjacent to an activating group) is 1. The monoisotopic (exact) mass is 391 g/mol. The summed E-state index contributed by atoms with van der Waals surface area (Å²) >= 11 is 0. The van der Waals surface area contributed by atoms with Crippen LogP contribution < -0.4 is 10.2 Å². The van der Waals surface area contributed by atoms with Crippen LogP contribution in [0.3, 0.4) is 0 Å². The molecule has 0 aliphatic carbocycles. The maximum absolute atomic E-state index is 13.0. The van der Waals surface area contributed by atoms with Gasteiger partial charge in [0.15, 0.2) is 0 Å². The van der Waals surface area contributed by atoms with E-state index in [9.17, 15) is 4.79 Å². The summed E-state index contributed by atoms with van der Waals surface area (Å²) in [5.41, 5.74) is 6.15. The summed E-state index contributed by atoms with van der Waals surface area (Å²) in [6.07, 6.45) is 3.19. The van der Waals surface area contributed by atoms with Crippen molar-refractivity contribution in [2.75, 3.05) is 38.1 Å². The average molecular weight is 392 g/mol. The number of likely N-dealkylation sites (tertiary alicyclic amines) is 1. The first-order valence-electron chi connectivity index (χ1n) is 10.9. The van der Waals surface area contributed by atoms with Crippen molar-refractivity contribution < 1.29 is 4.79 Å². The number of carbonyl (C=O) groups is 1. The quantitative estimate of drug-likeness (QED) is 0.830. The molecule has 4 nitrogen and oxygen atoms in total. The Morgan fingerprint density at radius 1 is 1.14 bits per heavy atom. The fraction of sp³-hybridized carbons (Fsp3) is 0.480. The van der Waals surface area contributed by atoms with Crippen molar-refractivity contribution in [2.24, 2.45) is 5.92 Å². The van der Waals surface area contributed by atoms with Crippen LogP contribution >= 0.6 is 0 Å². The number of amides is 1. The van der Waals surface area contributed by atoms with Gasteiger partial charge in [0, 0.05) is 44.0 Å². The largest absolute Gasteiger partial charge is 0.374 e. The van der Waals surface area contributed by atoms with E-state index in [4.69, 9.17) is 0 Å². The summed E-state index contributed by atoms with van der Waals surface area (Å²) in [5, 5.41) is 3.71. The van der Waals surface area contributed by atoms with Crippen molar-refractivity contribution in [1.82, 2.24) is 10.2 Å². The van der Waals surface area contributed by atoms with Crippen LogP contribution in [-0.2, 0) is 6.42 Å². The predicted octanol–water partition coefficient (Wildman–Crippen LogP) is 4.19. The van der Waals surface area contributed by atoms with Crippen LogP contribution in [0, 0.1) is 12.8 Å². The molecule has 2 heterocycles. The van der Waals surface area contributed by atoms with E-state index >= 15 is 0 Å². The number of carbonyl (C=O) groups excluding carboxylic acids is 1. The Hall–Kier alpha value is -2.33. The number of nitrogens with zero attached hydrogens (tertiary/aromatic N) is 2. The van der Waals surface area contributed by atoms with Crippen molar-refractivity contribution in [3.63, 3.8) is 0 Å². The molecule has 1 N–H and O–H groups in total. The van der Waals surface area contributed by atoms with E-state index in [1.165, 1.54) is 22.4 Å². The highest BCUT2D eigenvalue weighted by atomic mass is 16.2. The van der Waals surface area contributed by atoms with Gasteiger partial charge in [-0.1, -0.05) is 24.3 Å². The van der Waals surface area contributed by atoms with Crippen LogP contribution in [0.5, 0.6) is 0 Å². The molecule has 2 aromatic carbocycles. The van der Waals surface area contributed by atoms with E-state index in [2.05, 4.69) is 67.5 Å². The highest BCUT2D eigenvalue weighted by Crippen LogP contribution is 2.28. The molecule has 2 aliphatic heterocycles. The maximum Gasteiger partial charge on any atom is 0.253 e. The Morgan fingerprint density at radius 3 is 2.66 bits per heavy atom. The van der Waals surface area contributed by atoms with Crippen molar-refractivity contribution in [3.05, 3.63) is 64.7 Å². The Balaban J connectivity index is 1.28. The van der Waals surface area contributed by atoms with Crippen molar-refractivity contribution in [3.8, 4) is 0 Å². The first kappa shape index (κ1) is 20.0. The normalized spacial score (nSPS) is 18.0. The fourth-order valence-electron chi connectivity index (χ4n) is 4.75. The van der Waals surface area contributed by atoms with Gasteiger partial charge in [-0.15, -0.1) is 0 Å². The molecular weight excluding hydrogens is 358 g/mol. The minimum absolute atomic E-state index is 0.196. The lowest BCUT2D eigenvalue weighted by Crippen LogP contribution is -2.41. The lowest BCUT2D eigenvalue weighted by atomic mass is 9.95. The molecule has 1 unspecified atom stereocenters. The van der Waals surface area contributed by atoms with Gasteiger partial charge in [-0.3, -0.25) is 4.79 Å². The third kappa shape index (κ3) is 4.32. The molecule has 2 aliphatic rings. The molecule has 1 atom stereocenters. The van der Waals surface area contributed by atoms with Crippen LogP contribution in [0.25, 0.3) is 0 Å². The fourth-order valence-corrected chi connectivity index (χ4v) is 4.75. The molecule has 1 fully saturated rings. The summed E-state index contributed by atoms with van der Waals surface area (Å²) in [5.74, 6) is 0.834. The van der Waals surface area contributed by atoms with Crippen LogP contribution in [0.1, 0.15) is 52.9 Å². The van der Waals surface area contributed by atoms with Crippen molar-refractivity contribution in [2.45, 2.75) is 39.2 Å². The highest BCUT2D eigenvalue weighted by Gasteiger charge is 2.25. The van der Waals surface area contributed by atoms with Crippen molar-refractivity contribution >= 4 is 11.6 Å². The second-order valence-corrected chi connectivity index (χ2v) is 8.74. The number of hydrogen-bond acceptors (Lipinski definition) is 3. The molecule has 2 aromatic rings. The number of anilines is 1. The van der Waals surface area contributed by atoms with E-state index in [-0.39, 0.29) is 5.91 Å². The SMILES string of the molecule is Cc1ccccc1C(C)NCC1CCN(C(=O)c2ccc3c(c2)CCN3C)CC1. The van der Waals surface area contributed by atoms with Gasteiger partial charge in [0.25, 0.3) is 5.91 Å². The summed E-state index contributed by atoms with van der Waals surface area (Å²) in [7, 11) is 2.12. The second kappa shape index (κ2) is 8.58. The molecule has 154 valence electrons. The summed E-state index contributed by atoms with van der Waals surface area (Å²) in [6, 6.07) is 15.2. The zero-order valence-corrected chi connectivity index (χ0v) is 17.9. The van der Waals surface area contributed by atoms with E-state index in [1.807, 2.05) is 11.0 Å². The lowest BCUT2D eigenvalue weighted by Gasteiger charge is -2.33. The molecule has 29 heavy (non-hydrogen) atoms. The second-order valence-electron chi connectivity index (χ2n) is 8.74. The smallest absolute Gasteiger partial charge is 0.253 e. The zero-order valence-electron chi connectivity index (χ0n) is 17.9. The number of hydrogen-bond donors (Lipinski definition) is 1. The molecular formula is C25H33N3O. The van der Waals surface area contributed by atoms with Crippen LogP contribution in [0.4, 0.5) is 5.69 Å². The van der Waals surface area contributed by atoms with Gasteiger partial charge < -0.3 is 15.1 Å². The number of rotatable bonds is 5. The van der Waals surface area contributed by atoms with E-state index in [0.717, 1.165) is 51.0 Å². The highest BCUT2D eigenvalue weighted by molar-refractivity contribution is 5.95. The minimum Gasteiger partial charge on any atom is -0.374 e. The molecule has 1 saturated heterocycles. The van der Waals surface area contributed by atoms with Crippen molar-refractivity contribution in [1.29, 1.82) is 0 Å². The Morgan fingerprint density at radius 2 is 1.90 bits per heavy atom. The maximum atomic E-state index is 13.0. The number of aryl methyl sites for hydroxylation is 1. The van der Waals surface area contributed by atoms with Gasteiger partial charge in [0.2, 0.25) is 0 Å². The first-order chi connectivity index (χ1) is 14.0. The molecule has 4 heteroatoms. The van der Waals surface area contributed by atoms with E-state index in [0.29, 0.717) is 12.0 Å². The predicted molar refractivity (Wildman–Crippen MR) is 120 cm³/mol. The molecule has 0 saturated carbocycles. The summed E-state index contributed by atoms with van der Waals surface area (Å²) in [6.45, 7) is 8.21. The minimum atomic E-state index is 0.196. The van der Waals surface area contributed by atoms with Gasteiger partial charge in [-0.05, 0) is 80.5 Å². The number of piperidine rings is 1. The molecule has 0 bridgehead atoms. The number of benzene rings is 2. The summed E-state index contributed by atoms with van der Waals surface area (Å²) < 4.78 is 0. The van der Waals surface area contributed by atoms with Gasteiger partial charge in [0.05, 0.1) is 0 Å². The van der Waals surface area contributed by atoms with Gasteiger partial charge >= 0.3 is 0 Å². The third-order valence-electron chi connectivity index (χ3n) is 6.72. The molecule has 0 spiro atoms. The molecule has 1 amide bonds. The van der Waals surface area contributed by atoms with E-state index in [1.54, 1.807) is 0 Å². The number of nitrogens with one attached hydrogen (secondary N) is 1. The van der Waals surface area contributed by atoms with Gasteiger partial charge in [-0.25, -0.2) is 0 Å². The topological polar surface area (TPSA) is 35.6 Å². The van der Waals surface area contributed by atoms with Gasteiger partial charge in [-0.2, -0.15) is 0 Å².